The van der Waals surface area contributed by atoms with Crippen molar-refractivity contribution in [3.05, 3.63) is 0 Å². The fourth-order valence-corrected chi connectivity index (χ4v) is 3.73. The number of hydrogen-bond acceptors (Lipinski definition) is 4. The molecule has 2 aliphatic rings. The number of nitrogens with zero attached hydrogens (tertiary/aromatic N) is 3. The highest BCUT2D eigenvalue weighted by Crippen LogP contribution is 2.20. The molecule has 7 heteroatoms. The number of rotatable bonds is 9. The number of ether oxygens (including phenoxy) is 1. The molecule has 1 aliphatic carbocycles. The Hall–Kier alpha value is -0.120. The van der Waals surface area contributed by atoms with Crippen molar-refractivity contribution in [2.75, 3.05) is 66.0 Å². The van der Waals surface area contributed by atoms with Crippen molar-refractivity contribution in [3.8, 4) is 0 Å². The van der Waals surface area contributed by atoms with E-state index in [0.29, 0.717) is 6.10 Å². The molecule has 2 N–H and O–H groups in total. The summed E-state index contributed by atoms with van der Waals surface area (Å²) in [6, 6.07) is 0. The van der Waals surface area contributed by atoms with Gasteiger partial charge in [-0.1, -0.05) is 19.3 Å². The molecular weight excluding hydrogens is 453 g/mol. The minimum atomic E-state index is 0. The van der Waals surface area contributed by atoms with Gasteiger partial charge < -0.3 is 25.2 Å². The highest BCUT2D eigenvalue weighted by Gasteiger charge is 2.13. The molecule has 0 aromatic heterocycles. The number of halogens is 1. The molecule has 0 radical (unpaired) electrons. The van der Waals surface area contributed by atoms with Crippen LogP contribution in [-0.4, -0.2) is 87.9 Å². The summed E-state index contributed by atoms with van der Waals surface area (Å²) in [6.07, 6.45) is 9.34. The maximum absolute atomic E-state index is 5.98. The molecule has 2 fully saturated rings. The normalized spacial score (nSPS) is 20.7. The summed E-state index contributed by atoms with van der Waals surface area (Å²) in [5.74, 6) is 0.942. The number of hydrogen-bond donors (Lipinski definition) is 2. The summed E-state index contributed by atoms with van der Waals surface area (Å²) in [5, 5.41) is 6.83. The Morgan fingerprint density at radius 1 is 1.04 bits per heavy atom. The third-order valence-corrected chi connectivity index (χ3v) is 5.35. The molecule has 6 nitrogen and oxygen atoms in total. The molecule has 0 aromatic rings. The van der Waals surface area contributed by atoms with E-state index in [9.17, 15) is 0 Å². The van der Waals surface area contributed by atoms with Gasteiger partial charge in [-0.05, 0) is 52.7 Å². The lowest BCUT2D eigenvalue weighted by Crippen LogP contribution is -2.42. The largest absolute Gasteiger partial charge is 0.378 e. The average molecular weight is 495 g/mol. The van der Waals surface area contributed by atoms with Crippen LogP contribution >= 0.6 is 24.0 Å². The van der Waals surface area contributed by atoms with Gasteiger partial charge in [0.05, 0.1) is 6.10 Å². The topological polar surface area (TPSA) is 52.1 Å². The Bertz CT molecular complexity index is 391. The molecule has 27 heavy (non-hydrogen) atoms. The third-order valence-electron chi connectivity index (χ3n) is 5.35. The van der Waals surface area contributed by atoms with Crippen molar-refractivity contribution in [2.24, 2.45) is 4.99 Å². The van der Waals surface area contributed by atoms with E-state index in [0.717, 1.165) is 45.2 Å². The maximum Gasteiger partial charge on any atom is 0.191 e. The summed E-state index contributed by atoms with van der Waals surface area (Å²) >= 11 is 0. The molecule has 2 rings (SSSR count). The molecule has 160 valence electrons. The van der Waals surface area contributed by atoms with Gasteiger partial charge in [-0.3, -0.25) is 4.99 Å². The molecule has 0 unspecified atom stereocenters. The van der Waals surface area contributed by atoms with Gasteiger partial charge in [0.2, 0.25) is 0 Å². The van der Waals surface area contributed by atoms with Crippen LogP contribution in [0.3, 0.4) is 0 Å². The molecule has 1 saturated heterocycles. The standard InChI is InChI=1S/C20H41N5O.HI/c1-3-21-20(22-11-7-18-26-19-9-5-4-6-10-19)23-12-15-25-14-8-13-24(2)16-17-25;/h19H,3-18H2,1-2H3,(H2,21,22,23);1H. The maximum atomic E-state index is 5.98. The van der Waals surface area contributed by atoms with Gasteiger partial charge in [-0.2, -0.15) is 0 Å². The highest BCUT2D eigenvalue weighted by molar-refractivity contribution is 14.0. The van der Waals surface area contributed by atoms with E-state index in [1.807, 2.05) is 0 Å². The Balaban J connectivity index is 0.00000364. The monoisotopic (exact) mass is 495 g/mol. The summed E-state index contributed by atoms with van der Waals surface area (Å²) < 4.78 is 5.98. The Kier molecular flexibility index (Phi) is 14.5. The van der Waals surface area contributed by atoms with Crippen LogP contribution in [0.1, 0.15) is 51.9 Å². The molecule has 1 aliphatic heterocycles. The van der Waals surface area contributed by atoms with Crippen LogP contribution in [0.25, 0.3) is 0 Å². The number of guanidine groups is 1. The second kappa shape index (κ2) is 15.8. The Labute approximate surface area is 183 Å². The van der Waals surface area contributed by atoms with Crippen molar-refractivity contribution in [3.63, 3.8) is 0 Å². The van der Waals surface area contributed by atoms with Crippen LogP contribution in [0.4, 0.5) is 0 Å². The number of likely N-dealkylation sites (N-methyl/N-ethyl adjacent to an activating group) is 1. The SMILES string of the molecule is CCNC(=NCCCOC1CCCCC1)NCCN1CCCN(C)CC1.I. The van der Waals surface area contributed by atoms with E-state index < -0.39 is 0 Å². The summed E-state index contributed by atoms with van der Waals surface area (Å²) in [4.78, 5) is 9.68. The van der Waals surface area contributed by atoms with E-state index >= 15 is 0 Å². The van der Waals surface area contributed by atoms with Gasteiger partial charge in [0.25, 0.3) is 0 Å². The lowest BCUT2D eigenvalue weighted by Gasteiger charge is -2.22. The second-order valence-electron chi connectivity index (χ2n) is 7.67. The first-order valence-electron chi connectivity index (χ1n) is 10.8. The molecule has 0 amide bonds. The van der Waals surface area contributed by atoms with Crippen molar-refractivity contribution in [2.45, 2.75) is 58.0 Å². The van der Waals surface area contributed by atoms with Gasteiger partial charge in [-0.25, -0.2) is 0 Å². The minimum absolute atomic E-state index is 0. The fraction of sp³-hybridized carbons (Fsp3) is 0.950. The third kappa shape index (κ3) is 11.5. The van der Waals surface area contributed by atoms with Crippen molar-refractivity contribution in [1.82, 2.24) is 20.4 Å². The lowest BCUT2D eigenvalue weighted by atomic mass is 9.98. The molecular formula is C20H42IN5O. The number of aliphatic imine (C=N–C) groups is 1. The van der Waals surface area contributed by atoms with E-state index in [4.69, 9.17) is 9.73 Å². The van der Waals surface area contributed by atoms with Gasteiger partial charge in [0.15, 0.2) is 5.96 Å². The van der Waals surface area contributed by atoms with Gasteiger partial charge in [0.1, 0.15) is 0 Å². The lowest BCUT2D eigenvalue weighted by molar-refractivity contribution is 0.0281. The van der Waals surface area contributed by atoms with E-state index in [1.54, 1.807) is 0 Å². The van der Waals surface area contributed by atoms with Gasteiger partial charge in [0, 0.05) is 45.9 Å². The average Bonchev–Trinajstić information content (AvgIpc) is 2.86. The van der Waals surface area contributed by atoms with Crippen LogP contribution in [0.5, 0.6) is 0 Å². The van der Waals surface area contributed by atoms with Crippen molar-refractivity contribution in [1.29, 1.82) is 0 Å². The molecule has 0 spiro atoms. The van der Waals surface area contributed by atoms with Crippen molar-refractivity contribution >= 4 is 29.9 Å². The van der Waals surface area contributed by atoms with Crippen LogP contribution < -0.4 is 10.6 Å². The smallest absolute Gasteiger partial charge is 0.191 e. The first-order valence-corrected chi connectivity index (χ1v) is 10.8. The summed E-state index contributed by atoms with van der Waals surface area (Å²) in [5.41, 5.74) is 0. The van der Waals surface area contributed by atoms with Crippen LogP contribution in [0, 0.1) is 0 Å². The minimum Gasteiger partial charge on any atom is -0.378 e. The highest BCUT2D eigenvalue weighted by atomic mass is 127. The first-order chi connectivity index (χ1) is 12.8. The quantitative estimate of drug-likeness (QED) is 0.223. The van der Waals surface area contributed by atoms with E-state index in [-0.39, 0.29) is 24.0 Å². The predicted molar refractivity (Wildman–Crippen MR) is 125 cm³/mol. The summed E-state index contributed by atoms with van der Waals surface area (Å²) in [6.45, 7) is 11.5. The zero-order valence-electron chi connectivity index (χ0n) is 17.5. The number of nitrogens with one attached hydrogen (secondary N) is 2. The molecule has 1 saturated carbocycles. The molecule has 1 heterocycles. The van der Waals surface area contributed by atoms with Crippen molar-refractivity contribution < 1.29 is 4.74 Å². The Morgan fingerprint density at radius 3 is 2.63 bits per heavy atom. The first kappa shape index (κ1) is 24.9. The Morgan fingerprint density at radius 2 is 1.85 bits per heavy atom. The van der Waals surface area contributed by atoms with E-state index in [1.165, 1.54) is 64.7 Å². The molecule has 0 aromatic carbocycles. The second-order valence-corrected chi connectivity index (χ2v) is 7.67. The molecule has 0 bridgehead atoms. The zero-order chi connectivity index (χ0) is 18.5. The van der Waals surface area contributed by atoms with Gasteiger partial charge >= 0.3 is 0 Å². The van der Waals surface area contributed by atoms with Crippen LogP contribution in [0.2, 0.25) is 0 Å². The van der Waals surface area contributed by atoms with Gasteiger partial charge in [-0.15, -0.1) is 24.0 Å². The van der Waals surface area contributed by atoms with E-state index in [2.05, 4.69) is 34.4 Å². The van der Waals surface area contributed by atoms with Crippen LogP contribution in [-0.2, 0) is 4.74 Å². The van der Waals surface area contributed by atoms with Crippen LogP contribution in [0.15, 0.2) is 4.99 Å². The predicted octanol–water partition coefficient (Wildman–Crippen LogP) is 2.54. The summed E-state index contributed by atoms with van der Waals surface area (Å²) in [7, 11) is 2.22. The molecule has 0 atom stereocenters. The zero-order valence-corrected chi connectivity index (χ0v) is 19.9. The fourth-order valence-electron chi connectivity index (χ4n) is 3.73.